The Balaban J connectivity index is 1.79. The van der Waals surface area contributed by atoms with E-state index in [1.54, 1.807) is 18.2 Å². The molecular weight excluding hydrogens is 416 g/mol. The molecule has 0 bridgehead atoms. The van der Waals surface area contributed by atoms with Crippen molar-refractivity contribution in [3.63, 3.8) is 0 Å². The number of aryl methyl sites for hydroxylation is 2. The zero-order valence-corrected chi connectivity index (χ0v) is 18.3. The summed E-state index contributed by atoms with van der Waals surface area (Å²) in [4.78, 5) is 27.5. The number of amides is 1. The zero-order valence-electron chi connectivity index (χ0n) is 17.5. The molecule has 10 heteroatoms. The summed E-state index contributed by atoms with van der Waals surface area (Å²) in [6, 6.07) is 6.63. The van der Waals surface area contributed by atoms with Crippen LogP contribution in [0.15, 0.2) is 39.9 Å². The summed E-state index contributed by atoms with van der Waals surface area (Å²) >= 11 is 1.30. The third-order valence-electron chi connectivity index (χ3n) is 5.21. The molecule has 31 heavy (non-hydrogen) atoms. The normalized spacial score (nSPS) is 17.2. The van der Waals surface area contributed by atoms with Crippen LogP contribution < -0.4 is 0 Å². The van der Waals surface area contributed by atoms with Crippen LogP contribution in [0.4, 0.5) is 5.69 Å². The molecule has 1 N–H and O–H groups in total. The second-order valence-corrected chi connectivity index (χ2v) is 8.30. The van der Waals surface area contributed by atoms with Crippen molar-refractivity contribution in [2.24, 2.45) is 10.1 Å². The van der Waals surface area contributed by atoms with Crippen LogP contribution in [-0.2, 0) is 4.79 Å². The first-order valence-corrected chi connectivity index (χ1v) is 10.5. The van der Waals surface area contributed by atoms with Crippen LogP contribution in [0.25, 0.3) is 11.8 Å². The molecule has 0 fully saturated rings. The zero-order chi connectivity index (χ0) is 22.4. The van der Waals surface area contributed by atoms with E-state index in [2.05, 4.69) is 10.1 Å². The van der Waals surface area contributed by atoms with Crippen molar-refractivity contribution >= 4 is 45.5 Å². The van der Waals surface area contributed by atoms with Gasteiger partial charge in [-0.25, -0.2) is 0 Å². The maximum absolute atomic E-state index is 12.6. The maximum atomic E-state index is 12.6. The van der Waals surface area contributed by atoms with Crippen LogP contribution in [0.5, 0.6) is 0 Å². The Morgan fingerprint density at radius 1 is 1.26 bits per heavy atom. The third kappa shape index (κ3) is 3.48. The summed E-state index contributed by atoms with van der Waals surface area (Å²) in [5.74, 6) is -0.491. The molecule has 0 atom stereocenters. The standard InChI is InChI=1S/C21H20N6O3S/c1-5-18-24-26-19(22)16(20(28)23-21(26)31-18)9-14-8-12(3)25(13(14)4)17-10-15(27(29)30)7-6-11(17)2/h6-10,22H,5H2,1-4H3. The van der Waals surface area contributed by atoms with Gasteiger partial charge in [0.1, 0.15) is 5.04 Å². The van der Waals surface area contributed by atoms with Crippen molar-refractivity contribution in [2.45, 2.75) is 34.1 Å². The fraction of sp³-hybridized carbons (Fsp3) is 0.238. The third-order valence-corrected chi connectivity index (χ3v) is 6.27. The van der Waals surface area contributed by atoms with Gasteiger partial charge in [0.15, 0.2) is 5.84 Å². The molecule has 2 aliphatic rings. The van der Waals surface area contributed by atoms with E-state index < -0.39 is 10.8 Å². The van der Waals surface area contributed by atoms with E-state index in [0.717, 1.165) is 27.6 Å². The molecule has 9 nitrogen and oxygen atoms in total. The molecule has 2 aliphatic heterocycles. The number of fused-ring (bicyclic) bond motifs is 1. The van der Waals surface area contributed by atoms with E-state index in [1.165, 1.54) is 22.8 Å². The second kappa shape index (κ2) is 7.62. The van der Waals surface area contributed by atoms with Crippen molar-refractivity contribution in [1.82, 2.24) is 9.58 Å². The lowest BCUT2D eigenvalue weighted by atomic mass is 10.1. The number of nitrogens with zero attached hydrogens (tertiary/aromatic N) is 5. The number of aromatic nitrogens is 1. The average molecular weight is 436 g/mol. The highest BCUT2D eigenvalue weighted by Crippen LogP contribution is 2.31. The molecule has 2 aromatic rings. The lowest BCUT2D eigenvalue weighted by Gasteiger charge is -2.20. The Kier molecular flexibility index (Phi) is 5.10. The van der Waals surface area contributed by atoms with E-state index in [-0.39, 0.29) is 17.1 Å². The Bertz CT molecular complexity index is 1250. The monoisotopic (exact) mass is 436 g/mol. The second-order valence-electron chi connectivity index (χ2n) is 7.26. The number of hydrogen-bond donors (Lipinski definition) is 1. The molecule has 0 spiro atoms. The van der Waals surface area contributed by atoms with E-state index in [4.69, 9.17) is 5.41 Å². The van der Waals surface area contributed by atoms with Crippen LogP contribution in [0.1, 0.15) is 35.9 Å². The van der Waals surface area contributed by atoms with Gasteiger partial charge in [-0.2, -0.15) is 15.1 Å². The number of nitro benzene ring substituents is 1. The number of aliphatic imine (C=N–C) groups is 1. The van der Waals surface area contributed by atoms with Gasteiger partial charge in [-0.15, -0.1) is 0 Å². The van der Waals surface area contributed by atoms with E-state index in [1.807, 2.05) is 38.3 Å². The van der Waals surface area contributed by atoms with Gasteiger partial charge in [0.05, 0.1) is 16.2 Å². The number of carbonyl (C=O) groups excluding carboxylic acids is 1. The molecule has 158 valence electrons. The quantitative estimate of drug-likeness (QED) is 0.435. The Labute approximate surface area is 182 Å². The molecular formula is C21H20N6O3S. The van der Waals surface area contributed by atoms with Gasteiger partial charge in [-0.3, -0.25) is 20.3 Å². The van der Waals surface area contributed by atoms with Crippen molar-refractivity contribution in [3.8, 4) is 5.69 Å². The highest BCUT2D eigenvalue weighted by Gasteiger charge is 2.35. The molecule has 1 aromatic heterocycles. The highest BCUT2D eigenvalue weighted by atomic mass is 32.2. The number of nitro groups is 1. The molecule has 0 saturated carbocycles. The van der Waals surface area contributed by atoms with E-state index in [0.29, 0.717) is 17.3 Å². The van der Waals surface area contributed by atoms with Crippen molar-refractivity contribution < 1.29 is 9.72 Å². The summed E-state index contributed by atoms with van der Waals surface area (Å²) < 4.78 is 1.92. The largest absolute Gasteiger partial charge is 0.317 e. The molecule has 0 aliphatic carbocycles. The predicted molar refractivity (Wildman–Crippen MR) is 122 cm³/mol. The molecule has 0 saturated heterocycles. The molecule has 1 aromatic carbocycles. The number of benzene rings is 1. The SMILES string of the molecule is CCC1=NN2C(=N)C(=Cc3cc(C)n(-c4cc([N+](=O)[O-])ccc4C)c3C)C(=O)N=C2S1. The maximum Gasteiger partial charge on any atom is 0.283 e. The number of non-ortho nitro benzene ring substituents is 1. The fourth-order valence-electron chi connectivity index (χ4n) is 3.59. The minimum Gasteiger partial charge on any atom is -0.317 e. The number of nitrogens with one attached hydrogen (secondary N) is 1. The topological polar surface area (TPSA) is 117 Å². The van der Waals surface area contributed by atoms with Gasteiger partial charge in [-0.1, -0.05) is 13.0 Å². The van der Waals surface area contributed by atoms with Gasteiger partial charge in [-0.05, 0) is 62.2 Å². The average Bonchev–Trinajstić information content (AvgIpc) is 3.26. The lowest BCUT2D eigenvalue weighted by Crippen LogP contribution is -2.35. The predicted octanol–water partition coefficient (Wildman–Crippen LogP) is 4.34. The number of carbonyl (C=O) groups is 1. The summed E-state index contributed by atoms with van der Waals surface area (Å²) in [7, 11) is 0. The van der Waals surface area contributed by atoms with Gasteiger partial charge >= 0.3 is 0 Å². The van der Waals surface area contributed by atoms with Crippen molar-refractivity contribution in [1.29, 1.82) is 5.41 Å². The van der Waals surface area contributed by atoms with Crippen molar-refractivity contribution in [3.05, 3.63) is 62.5 Å². The number of rotatable bonds is 4. The summed E-state index contributed by atoms with van der Waals surface area (Å²) in [6.07, 6.45) is 2.34. The van der Waals surface area contributed by atoms with E-state index >= 15 is 0 Å². The molecule has 1 amide bonds. The molecule has 0 unspecified atom stereocenters. The van der Waals surface area contributed by atoms with Crippen LogP contribution in [0.3, 0.4) is 0 Å². The molecule has 3 heterocycles. The van der Waals surface area contributed by atoms with Crippen LogP contribution >= 0.6 is 11.8 Å². The fourth-order valence-corrected chi connectivity index (χ4v) is 4.41. The van der Waals surface area contributed by atoms with E-state index in [9.17, 15) is 14.9 Å². The Hall–Kier alpha value is -3.53. The van der Waals surface area contributed by atoms with Gasteiger partial charge < -0.3 is 4.57 Å². The Morgan fingerprint density at radius 3 is 2.68 bits per heavy atom. The van der Waals surface area contributed by atoms with Gasteiger partial charge in [0.2, 0.25) is 5.17 Å². The van der Waals surface area contributed by atoms with Crippen molar-refractivity contribution in [2.75, 3.05) is 0 Å². The number of hydrazone groups is 1. The van der Waals surface area contributed by atoms with Crippen LogP contribution in [-0.4, -0.2) is 36.5 Å². The number of hydrogen-bond acceptors (Lipinski definition) is 6. The van der Waals surface area contributed by atoms with Gasteiger partial charge in [0, 0.05) is 23.5 Å². The minimum absolute atomic E-state index is 0.00947. The number of amidine groups is 2. The molecule has 4 rings (SSSR count). The first-order chi connectivity index (χ1) is 14.7. The molecule has 0 radical (unpaired) electrons. The van der Waals surface area contributed by atoms with Gasteiger partial charge in [0.25, 0.3) is 11.6 Å². The van der Waals surface area contributed by atoms with Crippen LogP contribution in [0.2, 0.25) is 0 Å². The van der Waals surface area contributed by atoms with Crippen LogP contribution in [0, 0.1) is 36.3 Å². The summed E-state index contributed by atoms with van der Waals surface area (Å²) in [6.45, 7) is 7.62. The summed E-state index contributed by atoms with van der Waals surface area (Å²) in [5.41, 5.74) is 4.15. The first-order valence-electron chi connectivity index (χ1n) is 9.64. The lowest BCUT2D eigenvalue weighted by molar-refractivity contribution is -0.384. The minimum atomic E-state index is -0.479. The Morgan fingerprint density at radius 2 is 2.00 bits per heavy atom. The first kappa shape index (κ1) is 20.7. The highest BCUT2D eigenvalue weighted by molar-refractivity contribution is 8.26. The smallest absolute Gasteiger partial charge is 0.283 e. The summed E-state index contributed by atoms with van der Waals surface area (Å²) in [5, 5.41) is 26.7. The number of thioether (sulfide) groups is 1.